The van der Waals surface area contributed by atoms with Crippen LogP contribution in [-0.2, 0) is 28.8 Å². The summed E-state index contributed by atoms with van der Waals surface area (Å²) in [6.45, 7) is 6.13. The second-order valence-corrected chi connectivity index (χ2v) is 7.45. The number of amides is 1. The Kier molecular flexibility index (Phi) is 6.78. The van der Waals surface area contributed by atoms with E-state index >= 15 is 0 Å². The van der Waals surface area contributed by atoms with Crippen molar-refractivity contribution in [2.75, 3.05) is 11.9 Å². The number of anilines is 1. The van der Waals surface area contributed by atoms with Crippen molar-refractivity contribution in [1.29, 1.82) is 0 Å². The van der Waals surface area contributed by atoms with Gasteiger partial charge in [-0.15, -0.1) is 0 Å². The summed E-state index contributed by atoms with van der Waals surface area (Å²) in [6.07, 6.45) is -4.56. The Morgan fingerprint density at radius 1 is 1.16 bits per heavy atom. The van der Waals surface area contributed by atoms with Gasteiger partial charge in [-0.3, -0.25) is 4.79 Å². The van der Waals surface area contributed by atoms with Gasteiger partial charge in [-0.25, -0.2) is 13.9 Å². The van der Waals surface area contributed by atoms with Crippen LogP contribution in [-0.4, -0.2) is 23.1 Å². The number of esters is 1. The molecule has 0 atom stereocenters. The van der Waals surface area contributed by atoms with E-state index in [2.05, 4.69) is 5.32 Å². The number of hydrogen-bond acceptors (Lipinski definition) is 3. The molecule has 3 rings (SSSR count). The minimum absolute atomic E-state index is 0.00587. The third kappa shape index (κ3) is 4.72. The molecule has 0 aliphatic carbocycles. The smallest absolute Gasteiger partial charge is 0.416 e. The number of carbonyl (C=O) groups excluding carboxylic acids is 2. The molecule has 0 spiro atoms. The summed E-state index contributed by atoms with van der Waals surface area (Å²) in [7, 11) is 0. The molecule has 1 amide bonds. The first-order chi connectivity index (χ1) is 15.1. The van der Waals surface area contributed by atoms with Crippen LogP contribution in [0.4, 0.5) is 18.9 Å². The van der Waals surface area contributed by atoms with E-state index in [0.29, 0.717) is 17.6 Å². The molecule has 10 heteroatoms. The minimum Gasteiger partial charge on any atom is -0.462 e. The van der Waals surface area contributed by atoms with Gasteiger partial charge in [-0.05, 0) is 44.2 Å². The molecule has 3 aromatic rings. The topological polar surface area (TPSA) is 64.2 Å². The average molecular weight is 469 g/mol. The summed E-state index contributed by atoms with van der Waals surface area (Å²) in [5, 5.41) is 2.45. The molecule has 1 N–H and O–H groups in total. The number of aryl methyl sites for hydroxylation is 1. The van der Waals surface area contributed by atoms with Crippen LogP contribution in [0.15, 0.2) is 36.4 Å². The van der Waals surface area contributed by atoms with E-state index in [1.807, 2.05) is 18.4 Å². The first-order valence-electron chi connectivity index (χ1n) is 9.93. The van der Waals surface area contributed by atoms with Gasteiger partial charge in [0.15, 0.2) is 17.6 Å². The number of alkyl halides is 3. The van der Waals surface area contributed by atoms with Gasteiger partial charge >= 0.3 is 12.1 Å². The number of halogens is 4. The lowest BCUT2D eigenvalue weighted by Gasteiger charge is -2.11. The summed E-state index contributed by atoms with van der Waals surface area (Å²) < 4.78 is 47.7. The molecule has 1 aromatic heterocycles. The number of benzene rings is 2. The summed E-state index contributed by atoms with van der Waals surface area (Å²) in [6, 6.07) is 7.80. The maximum absolute atomic E-state index is 13.0. The number of rotatable bonds is 6. The molecule has 0 bridgehead atoms. The molecule has 0 saturated heterocycles. The number of aromatic nitrogens is 2. The fourth-order valence-electron chi connectivity index (χ4n) is 3.53. The highest BCUT2D eigenvalue weighted by molar-refractivity contribution is 6.33. The molecule has 2 aromatic carbocycles. The maximum Gasteiger partial charge on any atom is 0.416 e. The zero-order valence-electron chi connectivity index (χ0n) is 17.7. The van der Waals surface area contributed by atoms with E-state index in [9.17, 15) is 22.8 Å². The van der Waals surface area contributed by atoms with Crippen molar-refractivity contribution in [3.05, 3.63) is 58.4 Å². The summed E-state index contributed by atoms with van der Waals surface area (Å²) in [5.74, 6) is -0.298. The third-order valence-corrected chi connectivity index (χ3v) is 5.36. The molecule has 0 radical (unpaired) electrons. The molecule has 32 heavy (non-hydrogen) atoms. The molecular formula is C22H22ClF3N3O3+. The van der Waals surface area contributed by atoms with Crippen LogP contribution in [0.1, 0.15) is 35.6 Å². The van der Waals surface area contributed by atoms with Crippen molar-refractivity contribution in [3.63, 3.8) is 0 Å². The third-order valence-electron chi connectivity index (χ3n) is 5.04. The zero-order valence-corrected chi connectivity index (χ0v) is 18.5. The molecule has 0 fully saturated rings. The van der Waals surface area contributed by atoms with Crippen LogP contribution < -0.4 is 9.88 Å². The van der Waals surface area contributed by atoms with Gasteiger partial charge in [0, 0.05) is 13.0 Å². The van der Waals surface area contributed by atoms with Crippen LogP contribution in [0.2, 0.25) is 5.02 Å². The van der Waals surface area contributed by atoms with E-state index in [0.717, 1.165) is 29.5 Å². The quantitative estimate of drug-likeness (QED) is 0.419. The van der Waals surface area contributed by atoms with Gasteiger partial charge in [-0.2, -0.15) is 13.2 Å². The molecule has 0 aliphatic rings. The SMILES string of the molecule is CCOC(=O)c1ccc2c(c1)n(CC(=O)Nc1cc(C(F)(F)F)ccc1Cl)c(C)[n+]2CC. The van der Waals surface area contributed by atoms with Crippen LogP contribution >= 0.6 is 11.6 Å². The predicted molar refractivity (Wildman–Crippen MR) is 114 cm³/mol. The Hall–Kier alpha value is -3.07. The number of fused-ring (bicyclic) bond motifs is 1. The fourth-order valence-corrected chi connectivity index (χ4v) is 3.70. The molecule has 0 saturated carbocycles. The first-order valence-corrected chi connectivity index (χ1v) is 10.3. The molecule has 0 unspecified atom stereocenters. The van der Waals surface area contributed by atoms with E-state index in [4.69, 9.17) is 16.3 Å². The van der Waals surface area contributed by atoms with E-state index in [-0.39, 0.29) is 23.9 Å². The molecule has 1 heterocycles. The fraction of sp³-hybridized carbons (Fsp3) is 0.318. The normalized spacial score (nSPS) is 11.6. The van der Waals surface area contributed by atoms with E-state index in [1.54, 1.807) is 29.7 Å². The summed E-state index contributed by atoms with van der Waals surface area (Å²) >= 11 is 5.99. The van der Waals surface area contributed by atoms with Crippen LogP contribution in [0.25, 0.3) is 11.0 Å². The lowest BCUT2D eigenvalue weighted by molar-refractivity contribution is -0.674. The monoisotopic (exact) mass is 468 g/mol. The number of nitrogens with one attached hydrogen (secondary N) is 1. The number of ether oxygens (including phenoxy) is 1. The standard InChI is InChI=1S/C22H21ClF3N3O3/c1-4-28-13(3)29(19-10-14(6-9-18(19)28)21(31)32-5-2)12-20(30)27-17-11-15(22(24,25)26)7-8-16(17)23/h6-11H,4-5,12H2,1-3H3/p+1. The Morgan fingerprint density at radius 2 is 1.88 bits per heavy atom. The largest absolute Gasteiger partial charge is 0.462 e. The Labute approximate surface area is 187 Å². The highest BCUT2D eigenvalue weighted by Crippen LogP contribution is 2.33. The van der Waals surface area contributed by atoms with Gasteiger partial charge in [0.25, 0.3) is 11.7 Å². The number of nitrogens with zero attached hydrogens (tertiary/aromatic N) is 2. The second kappa shape index (κ2) is 9.20. The number of imidazole rings is 1. The Balaban J connectivity index is 1.96. The highest BCUT2D eigenvalue weighted by atomic mass is 35.5. The van der Waals surface area contributed by atoms with E-state index in [1.165, 1.54) is 0 Å². The van der Waals surface area contributed by atoms with Crippen molar-refractivity contribution in [2.24, 2.45) is 0 Å². The van der Waals surface area contributed by atoms with Gasteiger partial charge < -0.3 is 10.1 Å². The minimum atomic E-state index is -4.56. The molecular weight excluding hydrogens is 447 g/mol. The first kappa shape index (κ1) is 23.6. The van der Waals surface area contributed by atoms with Gasteiger partial charge in [-0.1, -0.05) is 11.6 Å². The Morgan fingerprint density at radius 3 is 2.50 bits per heavy atom. The molecule has 170 valence electrons. The molecule has 0 aliphatic heterocycles. The average Bonchev–Trinajstić information content (AvgIpc) is 2.99. The predicted octanol–water partition coefficient (Wildman–Crippen LogP) is 4.74. The summed E-state index contributed by atoms with van der Waals surface area (Å²) in [4.78, 5) is 24.9. The number of carbonyl (C=O) groups is 2. The highest BCUT2D eigenvalue weighted by Gasteiger charge is 2.31. The van der Waals surface area contributed by atoms with Gasteiger partial charge in [0.2, 0.25) is 0 Å². The van der Waals surface area contributed by atoms with Gasteiger partial charge in [0.1, 0.15) is 0 Å². The van der Waals surface area contributed by atoms with Crippen molar-refractivity contribution < 1.29 is 32.1 Å². The van der Waals surface area contributed by atoms with Crippen molar-refractivity contribution in [1.82, 2.24) is 4.57 Å². The number of hydrogen-bond donors (Lipinski definition) is 1. The summed E-state index contributed by atoms with van der Waals surface area (Å²) in [5.41, 5.74) is 0.727. The molecule has 6 nitrogen and oxygen atoms in total. The van der Waals surface area contributed by atoms with Crippen LogP contribution in [0, 0.1) is 6.92 Å². The van der Waals surface area contributed by atoms with Crippen LogP contribution in [0.3, 0.4) is 0 Å². The van der Waals surface area contributed by atoms with Crippen molar-refractivity contribution >= 4 is 40.2 Å². The zero-order chi connectivity index (χ0) is 23.6. The van der Waals surface area contributed by atoms with Crippen LogP contribution in [0.5, 0.6) is 0 Å². The van der Waals surface area contributed by atoms with Crippen molar-refractivity contribution in [2.45, 2.75) is 40.0 Å². The maximum atomic E-state index is 13.0. The van der Waals surface area contributed by atoms with Gasteiger partial charge in [0.05, 0.1) is 35.0 Å². The Bertz CT molecular complexity index is 1190. The second-order valence-electron chi connectivity index (χ2n) is 7.04. The lowest BCUT2D eigenvalue weighted by atomic mass is 10.2. The lowest BCUT2D eigenvalue weighted by Crippen LogP contribution is -2.35. The van der Waals surface area contributed by atoms with Crippen molar-refractivity contribution in [3.8, 4) is 0 Å². The van der Waals surface area contributed by atoms with E-state index < -0.39 is 23.6 Å².